The van der Waals surface area contributed by atoms with Crippen molar-refractivity contribution in [1.82, 2.24) is 4.90 Å². The van der Waals surface area contributed by atoms with Crippen LogP contribution >= 0.6 is 24.0 Å². The van der Waals surface area contributed by atoms with E-state index in [0.717, 1.165) is 49.9 Å². The van der Waals surface area contributed by atoms with E-state index in [1.807, 2.05) is 42.5 Å². The average molecular weight is 459 g/mol. The first-order chi connectivity index (χ1) is 13.3. The Morgan fingerprint density at radius 1 is 1.07 bits per heavy atom. The second-order valence-electron chi connectivity index (χ2n) is 7.27. The molecule has 1 heterocycles. The monoisotopic (exact) mass is 458 g/mol. The van der Waals surface area contributed by atoms with Crippen molar-refractivity contribution >= 4 is 45.4 Å². The van der Waals surface area contributed by atoms with Gasteiger partial charge in [-0.1, -0.05) is 35.9 Å². The number of hydrogen-bond donors (Lipinski definition) is 2. The molecular weight excluding hydrogens is 431 g/mol. The highest BCUT2D eigenvalue weighted by Crippen LogP contribution is 2.27. The van der Waals surface area contributed by atoms with E-state index in [0.29, 0.717) is 5.69 Å². The van der Waals surface area contributed by atoms with Gasteiger partial charge in [0.1, 0.15) is 0 Å². The van der Waals surface area contributed by atoms with E-state index in [2.05, 4.69) is 14.5 Å². The Labute approximate surface area is 184 Å². The molecule has 6 nitrogen and oxygen atoms in total. The van der Waals surface area contributed by atoms with Gasteiger partial charge in [0.2, 0.25) is 10.0 Å². The SMILES string of the molecule is CS(=O)(=O)Nc1ccccc1N1CCN(C[C@H](N)Cc2ccc(Cl)cc2)CC1.Cl. The first kappa shape index (κ1) is 23.8. The van der Waals surface area contributed by atoms with Crippen molar-refractivity contribution < 1.29 is 8.42 Å². The standard InChI is InChI=1S/C20H27ClN4O2S.ClH/c1-28(26,27)23-19-4-2-3-5-20(19)25-12-10-24(11-13-25)15-18(22)14-16-6-8-17(21)9-7-16;/h2-9,18,23H,10-15,22H2,1H3;1H/t18-;/m1./s1. The van der Waals surface area contributed by atoms with Crippen molar-refractivity contribution in [2.75, 3.05) is 48.6 Å². The smallest absolute Gasteiger partial charge is 0.229 e. The molecule has 1 saturated heterocycles. The third-order valence-corrected chi connectivity index (χ3v) is 5.66. The lowest BCUT2D eigenvalue weighted by Gasteiger charge is -2.37. The first-order valence-electron chi connectivity index (χ1n) is 9.34. The number of piperazine rings is 1. The van der Waals surface area contributed by atoms with Gasteiger partial charge in [0, 0.05) is 43.8 Å². The van der Waals surface area contributed by atoms with Crippen molar-refractivity contribution in [2.45, 2.75) is 12.5 Å². The normalized spacial score (nSPS) is 16.2. The van der Waals surface area contributed by atoms with Crippen LogP contribution in [0.2, 0.25) is 5.02 Å². The number of rotatable bonds is 7. The first-order valence-corrected chi connectivity index (χ1v) is 11.6. The number of hydrogen-bond acceptors (Lipinski definition) is 5. The fourth-order valence-corrected chi connectivity index (χ4v) is 4.22. The zero-order valence-corrected chi connectivity index (χ0v) is 18.8. The van der Waals surface area contributed by atoms with E-state index >= 15 is 0 Å². The molecule has 0 spiro atoms. The Morgan fingerprint density at radius 2 is 1.69 bits per heavy atom. The molecule has 3 N–H and O–H groups in total. The Bertz CT molecular complexity index is 886. The van der Waals surface area contributed by atoms with Crippen LogP contribution in [0.3, 0.4) is 0 Å². The third-order valence-electron chi connectivity index (χ3n) is 4.82. The zero-order chi connectivity index (χ0) is 20.1. The van der Waals surface area contributed by atoms with Crippen molar-refractivity contribution in [3.8, 4) is 0 Å². The molecule has 9 heteroatoms. The number of halogens is 2. The highest BCUT2D eigenvalue weighted by molar-refractivity contribution is 7.92. The summed E-state index contributed by atoms with van der Waals surface area (Å²) < 4.78 is 25.8. The molecule has 29 heavy (non-hydrogen) atoms. The second kappa shape index (κ2) is 10.5. The maximum absolute atomic E-state index is 11.6. The molecule has 1 aliphatic heterocycles. The van der Waals surface area contributed by atoms with Crippen LogP contribution in [0.5, 0.6) is 0 Å². The molecule has 0 bridgehead atoms. The number of nitrogens with two attached hydrogens (primary N) is 1. The van der Waals surface area contributed by atoms with Gasteiger partial charge in [0.25, 0.3) is 0 Å². The van der Waals surface area contributed by atoms with Crippen LogP contribution in [0.25, 0.3) is 0 Å². The minimum absolute atomic E-state index is 0. The van der Waals surface area contributed by atoms with Crippen molar-refractivity contribution in [3.63, 3.8) is 0 Å². The maximum atomic E-state index is 11.6. The number of sulfonamides is 1. The molecule has 2 aromatic carbocycles. The molecule has 0 aliphatic carbocycles. The number of nitrogens with one attached hydrogen (secondary N) is 1. The summed E-state index contributed by atoms with van der Waals surface area (Å²) in [6.45, 7) is 4.27. The largest absolute Gasteiger partial charge is 0.367 e. The van der Waals surface area contributed by atoms with E-state index in [-0.39, 0.29) is 18.4 Å². The molecule has 1 aliphatic rings. The quantitative estimate of drug-likeness (QED) is 0.666. The Kier molecular flexibility index (Phi) is 8.60. The summed E-state index contributed by atoms with van der Waals surface area (Å²) in [6.07, 6.45) is 1.99. The molecule has 0 unspecified atom stereocenters. The van der Waals surface area contributed by atoms with Gasteiger partial charge in [-0.25, -0.2) is 8.42 Å². The fraction of sp³-hybridized carbons (Fsp3) is 0.400. The molecule has 0 aromatic heterocycles. The average Bonchev–Trinajstić information content (AvgIpc) is 2.63. The van der Waals surface area contributed by atoms with E-state index in [9.17, 15) is 8.42 Å². The van der Waals surface area contributed by atoms with Crippen LogP contribution in [-0.4, -0.2) is 58.3 Å². The molecule has 1 fully saturated rings. The molecule has 0 saturated carbocycles. The molecule has 0 amide bonds. The van der Waals surface area contributed by atoms with Crippen LogP contribution < -0.4 is 15.4 Å². The number of anilines is 2. The van der Waals surface area contributed by atoms with E-state index in [1.54, 1.807) is 6.07 Å². The van der Waals surface area contributed by atoms with Crippen molar-refractivity contribution in [3.05, 3.63) is 59.1 Å². The van der Waals surface area contributed by atoms with Crippen LogP contribution in [0.15, 0.2) is 48.5 Å². The van der Waals surface area contributed by atoms with Gasteiger partial charge in [0.15, 0.2) is 0 Å². The Balaban J connectivity index is 0.00000300. The number of para-hydroxylation sites is 2. The Morgan fingerprint density at radius 3 is 2.31 bits per heavy atom. The Hall–Kier alpha value is -1.51. The molecule has 160 valence electrons. The lowest BCUT2D eigenvalue weighted by atomic mass is 10.1. The number of benzene rings is 2. The van der Waals surface area contributed by atoms with Crippen molar-refractivity contribution in [2.24, 2.45) is 5.73 Å². The predicted molar refractivity (Wildman–Crippen MR) is 124 cm³/mol. The van der Waals surface area contributed by atoms with E-state index < -0.39 is 10.0 Å². The minimum atomic E-state index is -3.31. The zero-order valence-electron chi connectivity index (χ0n) is 16.4. The molecule has 0 radical (unpaired) electrons. The van der Waals surface area contributed by atoms with Crippen LogP contribution in [0, 0.1) is 0 Å². The van der Waals surface area contributed by atoms with Gasteiger partial charge in [-0.3, -0.25) is 9.62 Å². The molecule has 2 aromatic rings. The van der Waals surface area contributed by atoms with E-state index in [4.69, 9.17) is 17.3 Å². The molecule has 3 rings (SSSR count). The summed E-state index contributed by atoms with van der Waals surface area (Å²) in [5.74, 6) is 0. The summed E-state index contributed by atoms with van der Waals surface area (Å²) in [5, 5.41) is 0.735. The van der Waals surface area contributed by atoms with Gasteiger partial charge in [-0.15, -0.1) is 12.4 Å². The highest BCUT2D eigenvalue weighted by Gasteiger charge is 2.21. The highest BCUT2D eigenvalue weighted by atomic mass is 35.5. The van der Waals surface area contributed by atoms with Gasteiger partial charge in [-0.2, -0.15) is 0 Å². The van der Waals surface area contributed by atoms with Crippen LogP contribution in [0.1, 0.15) is 5.56 Å². The van der Waals surface area contributed by atoms with Gasteiger partial charge in [-0.05, 0) is 36.2 Å². The lowest BCUT2D eigenvalue weighted by molar-refractivity contribution is 0.242. The van der Waals surface area contributed by atoms with Gasteiger partial charge in [0.05, 0.1) is 17.6 Å². The minimum Gasteiger partial charge on any atom is -0.367 e. The fourth-order valence-electron chi connectivity index (χ4n) is 3.53. The third kappa shape index (κ3) is 7.35. The predicted octanol–water partition coefficient (Wildman–Crippen LogP) is 2.83. The van der Waals surface area contributed by atoms with Crippen LogP contribution in [0.4, 0.5) is 11.4 Å². The summed E-state index contributed by atoms with van der Waals surface area (Å²) in [7, 11) is -3.31. The van der Waals surface area contributed by atoms with Gasteiger partial charge < -0.3 is 10.6 Å². The summed E-state index contributed by atoms with van der Waals surface area (Å²) >= 11 is 5.93. The summed E-state index contributed by atoms with van der Waals surface area (Å²) in [6, 6.07) is 15.4. The topological polar surface area (TPSA) is 78.7 Å². The van der Waals surface area contributed by atoms with Crippen LogP contribution in [-0.2, 0) is 16.4 Å². The molecule has 1 atom stereocenters. The maximum Gasteiger partial charge on any atom is 0.229 e. The molecular formula is C20H28Cl2N4O2S. The number of nitrogens with zero attached hydrogens (tertiary/aromatic N) is 2. The lowest BCUT2D eigenvalue weighted by Crippen LogP contribution is -2.50. The van der Waals surface area contributed by atoms with Gasteiger partial charge >= 0.3 is 0 Å². The van der Waals surface area contributed by atoms with E-state index in [1.165, 1.54) is 11.8 Å². The van der Waals surface area contributed by atoms with Crippen molar-refractivity contribution in [1.29, 1.82) is 0 Å². The summed E-state index contributed by atoms with van der Waals surface area (Å²) in [5.41, 5.74) is 9.08. The second-order valence-corrected chi connectivity index (χ2v) is 9.45. The summed E-state index contributed by atoms with van der Waals surface area (Å²) in [4.78, 5) is 4.58.